The van der Waals surface area contributed by atoms with E-state index in [0.29, 0.717) is 18.2 Å². The van der Waals surface area contributed by atoms with Gasteiger partial charge in [0.15, 0.2) is 9.84 Å². The minimum absolute atomic E-state index is 0.0463. The molecule has 9 heteroatoms. The van der Waals surface area contributed by atoms with Gasteiger partial charge in [-0.3, -0.25) is 15.0 Å². The number of nitro benzene ring substituents is 1. The summed E-state index contributed by atoms with van der Waals surface area (Å²) in [5.74, 6) is 0.412. The summed E-state index contributed by atoms with van der Waals surface area (Å²) in [4.78, 5) is 13.2. The Bertz CT molecular complexity index is 740. The molecular formula is C17H25N3O5S. The second-order valence-corrected chi connectivity index (χ2v) is 9.04. The molecule has 0 amide bonds. The van der Waals surface area contributed by atoms with E-state index in [0.717, 1.165) is 45.0 Å². The largest absolute Gasteiger partial charge is 0.381 e. The normalized spacial score (nSPS) is 22.4. The summed E-state index contributed by atoms with van der Waals surface area (Å²) < 4.78 is 28.9. The number of hydrogen-bond acceptors (Lipinski definition) is 7. The van der Waals surface area contributed by atoms with Crippen molar-refractivity contribution < 1.29 is 18.1 Å². The van der Waals surface area contributed by atoms with Gasteiger partial charge in [0.05, 0.1) is 16.4 Å². The van der Waals surface area contributed by atoms with E-state index in [9.17, 15) is 18.5 Å². The Morgan fingerprint density at radius 1 is 1.38 bits per heavy atom. The monoisotopic (exact) mass is 383 g/mol. The summed E-state index contributed by atoms with van der Waals surface area (Å²) >= 11 is 0. The molecule has 26 heavy (non-hydrogen) atoms. The molecule has 2 atom stereocenters. The predicted molar refractivity (Wildman–Crippen MR) is 98.2 cm³/mol. The molecule has 2 aliphatic heterocycles. The van der Waals surface area contributed by atoms with Gasteiger partial charge in [-0.05, 0) is 44.5 Å². The van der Waals surface area contributed by atoms with Crippen LogP contribution in [0.25, 0.3) is 0 Å². The molecule has 0 unspecified atom stereocenters. The van der Waals surface area contributed by atoms with E-state index in [1.807, 2.05) is 0 Å². The minimum Gasteiger partial charge on any atom is -0.381 e. The molecule has 1 aromatic rings. The van der Waals surface area contributed by atoms with Crippen LogP contribution >= 0.6 is 0 Å². The lowest BCUT2D eigenvalue weighted by molar-refractivity contribution is -0.384. The quantitative estimate of drug-likeness (QED) is 0.567. The number of rotatable bonds is 7. The molecule has 1 aromatic carbocycles. The van der Waals surface area contributed by atoms with E-state index < -0.39 is 14.8 Å². The number of nitro groups is 1. The average molecular weight is 383 g/mol. The van der Waals surface area contributed by atoms with Crippen LogP contribution in [0.15, 0.2) is 23.1 Å². The van der Waals surface area contributed by atoms with Gasteiger partial charge in [-0.1, -0.05) is 0 Å². The van der Waals surface area contributed by atoms with Crippen molar-refractivity contribution in [2.45, 2.75) is 30.2 Å². The number of nitrogens with zero attached hydrogens (tertiary/aromatic N) is 2. The van der Waals surface area contributed by atoms with Crippen LogP contribution in [0.1, 0.15) is 19.3 Å². The summed E-state index contributed by atoms with van der Waals surface area (Å²) in [5, 5.41) is 14.6. The van der Waals surface area contributed by atoms with Crippen LogP contribution in [-0.2, 0) is 14.6 Å². The second-order valence-electron chi connectivity index (χ2n) is 7.02. The van der Waals surface area contributed by atoms with Crippen molar-refractivity contribution in [2.75, 3.05) is 44.4 Å². The molecule has 0 aromatic heterocycles. The van der Waals surface area contributed by atoms with Crippen LogP contribution in [0.2, 0.25) is 0 Å². The standard InChI is InChI=1S/C17H25N3O5S/c1-26(23,24)14-4-5-15(16(10-14)20(21)22)18-11-17(13-6-9-25-12-13)19-7-2-3-8-19/h4-5,10,13,17-18H,2-3,6-9,11-12H2,1H3/t13-,17+/m0/s1. The van der Waals surface area contributed by atoms with Crippen molar-refractivity contribution >= 4 is 21.2 Å². The zero-order valence-corrected chi connectivity index (χ0v) is 15.7. The number of likely N-dealkylation sites (tertiary alicyclic amines) is 1. The molecule has 3 rings (SSSR count). The second kappa shape index (κ2) is 7.89. The highest BCUT2D eigenvalue weighted by atomic mass is 32.2. The lowest BCUT2D eigenvalue weighted by Crippen LogP contribution is -2.44. The van der Waals surface area contributed by atoms with Crippen LogP contribution in [0.3, 0.4) is 0 Å². The van der Waals surface area contributed by atoms with Crippen molar-refractivity contribution in [3.63, 3.8) is 0 Å². The van der Waals surface area contributed by atoms with E-state index in [4.69, 9.17) is 4.74 Å². The molecule has 2 saturated heterocycles. The molecule has 0 radical (unpaired) electrons. The Kier molecular flexibility index (Phi) is 5.79. The van der Waals surface area contributed by atoms with Crippen molar-refractivity contribution in [2.24, 2.45) is 5.92 Å². The summed E-state index contributed by atoms with van der Waals surface area (Å²) in [6.45, 7) is 4.14. The highest BCUT2D eigenvalue weighted by Gasteiger charge is 2.32. The van der Waals surface area contributed by atoms with Crippen molar-refractivity contribution in [3.8, 4) is 0 Å². The molecule has 1 N–H and O–H groups in total. The third-order valence-corrected chi connectivity index (χ3v) is 6.32. The lowest BCUT2D eigenvalue weighted by Gasteiger charge is -2.32. The lowest BCUT2D eigenvalue weighted by atomic mass is 9.97. The van der Waals surface area contributed by atoms with Gasteiger partial charge in [-0.25, -0.2) is 8.42 Å². The first-order valence-corrected chi connectivity index (χ1v) is 10.8. The number of sulfone groups is 1. The molecule has 2 heterocycles. The SMILES string of the molecule is CS(=O)(=O)c1ccc(NC[C@H]([C@H]2CCOC2)N2CCCC2)c([N+](=O)[O-])c1. The summed E-state index contributed by atoms with van der Waals surface area (Å²) in [6, 6.07) is 4.28. The highest BCUT2D eigenvalue weighted by Crippen LogP contribution is 2.29. The molecule has 144 valence electrons. The Hall–Kier alpha value is -1.71. The number of benzene rings is 1. The van der Waals surface area contributed by atoms with Gasteiger partial charge in [-0.2, -0.15) is 0 Å². The predicted octanol–water partition coefficient (Wildman–Crippen LogP) is 1.91. The maximum atomic E-state index is 11.7. The van der Waals surface area contributed by atoms with Gasteiger partial charge in [0.2, 0.25) is 0 Å². The first kappa shape index (κ1) is 19.1. The van der Waals surface area contributed by atoms with Crippen LogP contribution in [-0.4, -0.2) is 63.4 Å². The molecule has 0 saturated carbocycles. The smallest absolute Gasteiger partial charge is 0.293 e. The number of anilines is 1. The maximum Gasteiger partial charge on any atom is 0.293 e. The summed E-state index contributed by atoms with van der Waals surface area (Å²) in [6.07, 6.45) is 4.39. The van der Waals surface area contributed by atoms with Crippen LogP contribution < -0.4 is 5.32 Å². The maximum absolute atomic E-state index is 11.7. The number of ether oxygens (including phenoxy) is 1. The third kappa shape index (κ3) is 4.33. The first-order chi connectivity index (χ1) is 12.4. The minimum atomic E-state index is -3.49. The molecule has 2 fully saturated rings. The third-order valence-electron chi connectivity index (χ3n) is 5.21. The van der Waals surface area contributed by atoms with Gasteiger partial charge < -0.3 is 10.1 Å². The van der Waals surface area contributed by atoms with E-state index in [-0.39, 0.29) is 16.6 Å². The van der Waals surface area contributed by atoms with E-state index in [1.54, 1.807) is 0 Å². The van der Waals surface area contributed by atoms with Crippen LogP contribution in [0.4, 0.5) is 11.4 Å². The fourth-order valence-electron chi connectivity index (χ4n) is 3.78. The Morgan fingerprint density at radius 3 is 2.69 bits per heavy atom. The summed E-state index contributed by atoms with van der Waals surface area (Å²) in [5.41, 5.74) is 0.140. The zero-order chi connectivity index (χ0) is 18.7. The van der Waals surface area contributed by atoms with E-state index in [2.05, 4.69) is 10.2 Å². The van der Waals surface area contributed by atoms with E-state index >= 15 is 0 Å². The van der Waals surface area contributed by atoms with Crippen molar-refractivity contribution in [1.29, 1.82) is 0 Å². The van der Waals surface area contributed by atoms with Gasteiger partial charge in [0, 0.05) is 37.4 Å². The number of nitrogens with one attached hydrogen (secondary N) is 1. The van der Waals surface area contributed by atoms with Gasteiger partial charge in [-0.15, -0.1) is 0 Å². The highest BCUT2D eigenvalue weighted by molar-refractivity contribution is 7.90. The van der Waals surface area contributed by atoms with Crippen molar-refractivity contribution in [1.82, 2.24) is 4.90 Å². The van der Waals surface area contributed by atoms with Crippen molar-refractivity contribution in [3.05, 3.63) is 28.3 Å². The molecule has 0 spiro atoms. The molecule has 0 aliphatic carbocycles. The van der Waals surface area contributed by atoms with E-state index in [1.165, 1.54) is 25.0 Å². The van der Waals surface area contributed by atoms with Gasteiger partial charge >= 0.3 is 0 Å². The fourth-order valence-corrected chi connectivity index (χ4v) is 4.42. The Balaban J connectivity index is 1.79. The van der Waals surface area contributed by atoms with Crippen LogP contribution in [0, 0.1) is 16.0 Å². The van der Waals surface area contributed by atoms with Gasteiger partial charge in [0.25, 0.3) is 5.69 Å². The van der Waals surface area contributed by atoms with Crippen LogP contribution in [0.5, 0.6) is 0 Å². The Labute approximate surface area is 153 Å². The molecular weight excluding hydrogens is 358 g/mol. The summed E-state index contributed by atoms with van der Waals surface area (Å²) in [7, 11) is -3.49. The Morgan fingerprint density at radius 2 is 2.12 bits per heavy atom. The molecule has 8 nitrogen and oxygen atoms in total. The topological polar surface area (TPSA) is 102 Å². The average Bonchev–Trinajstić information content (AvgIpc) is 3.28. The molecule has 0 bridgehead atoms. The van der Waals surface area contributed by atoms with Gasteiger partial charge in [0.1, 0.15) is 5.69 Å². The fraction of sp³-hybridized carbons (Fsp3) is 0.647. The number of hydrogen-bond donors (Lipinski definition) is 1. The first-order valence-electron chi connectivity index (χ1n) is 8.90. The molecule has 2 aliphatic rings. The zero-order valence-electron chi connectivity index (χ0n) is 14.9.